The minimum atomic E-state index is -1.14. The van der Waals surface area contributed by atoms with Gasteiger partial charge < -0.3 is 24.8 Å². The van der Waals surface area contributed by atoms with Crippen LogP contribution in [-0.2, 0) is 23.8 Å². The molecular formula is C42H44N2O7. The minimum absolute atomic E-state index is 0.0167. The summed E-state index contributed by atoms with van der Waals surface area (Å²) < 4.78 is 16.6. The smallest absolute Gasteiger partial charge is 0.407 e. The van der Waals surface area contributed by atoms with E-state index in [1.54, 1.807) is 0 Å². The van der Waals surface area contributed by atoms with Crippen molar-refractivity contribution >= 4 is 24.1 Å². The first-order valence-corrected chi connectivity index (χ1v) is 17.6. The lowest BCUT2D eigenvalue weighted by Crippen LogP contribution is -2.48. The highest BCUT2D eigenvalue weighted by atomic mass is 16.6. The Morgan fingerprint density at radius 3 is 1.10 bits per heavy atom. The first-order chi connectivity index (χ1) is 24.6. The molecule has 6 rings (SSSR count). The number of carbonyl (C=O) groups is 4. The predicted octanol–water partition coefficient (Wildman–Crippen LogP) is 7.96. The second-order valence-corrected chi connectivity index (χ2v) is 14.0. The Labute approximate surface area is 298 Å². The summed E-state index contributed by atoms with van der Waals surface area (Å²) in [6.07, 6.45) is -1.15. The lowest BCUT2D eigenvalue weighted by atomic mass is 9.98. The molecule has 2 aliphatic carbocycles. The number of amides is 2. The highest BCUT2D eigenvalue weighted by Crippen LogP contribution is 2.45. The van der Waals surface area contributed by atoms with Gasteiger partial charge in [0.15, 0.2) is 0 Å². The molecule has 0 unspecified atom stereocenters. The fourth-order valence-electron chi connectivity index (χ4n) is 7.18. The summed E-state index contributed by atoms with van der Waals surface area (Å²) in [7, 11) is 0. The van der Waals surface area contributed by atoms with E-state index < -0.39 is 36.2 Å². The summed E-state index contributed by atoms with van der Waals surface area (Å²) in [6, 6.07) is 29.8. The lowest BCUT2D eigenvalue weighted by molar-refractivity contribution is -0.163. The Balaban J connectivity index is 1.06. The van der Waals surface area contributed by atoms with Gasteiger partial charge in [-0.2, -0.15) is 0 Å². The molecule has 0 aromatic heterocycles. The van der Waals surface area contributed by atoms with Crippen molar-refractivity contribution < 1.29 is 33.4 Å². The van der Waals surface area contributed by atoms with Crippen LogP contribution in [-0.4, -0.2) is 49.4 Å². The van der Waals surface area contributed by atoms with Crippen LogP contribution in [0.25, 0.3) is 22.3 Å². The Morgan fingerprint density at radius 1 is 0.510 bits per heavy atom. The Morgan fingerprint density at radius 2 is 0.804 bits per heavy atom. The normalized spacial score (nSPS) is 14.2. The number of alkyl carbamates (subject to hydrolysis) is 2. The summed E-state index contributed by atoms with van der Waals surface area (Å²) in [5.41, 5.74) is 8.67. The van der Waals surface area contributed by atoms with Crippen molar-refractivity contribution in [3.63, 3.8) is 0 Å². The molecule has 4 aromatic carbocycles. The van der Waals surface area contributed by atoms with Gasteiger partial charge in [0.05, 0.1) is 0 Å². The molecule has 0 fully saturated rings. The molecule has 9 heteroatoms. The Bertz CT molecular complexity index is 1690. The van der Waals surface area contributed by atoms with E-state index in [9.17, 15) is 19.2 Å². The average molecular weight is 689 g/mol. The molecule has 0 heterocycles. The van der Waals surface area contributed by atoms with Crippen LogP contribution < -0.4 is 10.6 Å². The molecule has 51 heavy (non-hydrogen) atoms. The minimum Gasteiger partial charge on any atom is -0.449 e. The second-order valence-electron chi connectivity index (χ2n) is 14.0. The molecule has 2 atom stereocenters. The van der Waals surface area contributed by atoms with Gasteiger partial charge in [0, 0.05) is 11.8 Å². The second kappa shape index (κ2) is 15.6. The average Bonchev–Trinajstić information content (AvgIpc) is 3.61. The van der Waals surface area contributed by atoms with Gasteiger partial charge >= 0.3 is 24.1 Å². The monoisotopic (exact) mass is 688 g/mol. The third-order valence-electron chi connectivity index (χ3n) is 9.46. The molecule has 0 radical (unpaired) electrons. The molecule has 9 nitrogen and oxygen atoms in total. The molecule has 2 aliphatic rings. The van der Waals surface area contributed by atoms with Crippen LogP contribution in [0.1, 0.15) is 74.6 Å². The molecule has 0 saturated heterocycles. The number of benzene rings is 4. The van der Waals surface area contributed by atoms with Gasteiger partial charge in [0.2, 0.25) is 0 Å². The molecular weight excluding hydrogens is 644 g/mol. The van der Waals surface area contributed by atoms with E-state index in [2.05, 4.69) is 34.9 Å². The van der Waals surface area contributed by atoms with Crippen LogP contribution in [0.2, 0.25) is 0 Å². The van der Waals surface area contributed by atoms with Gasteiger partial charge in [-0.15, -0.1) is 0 Å². The van der Waals surface area contributed by atoms with Crippen molar-refractivity contribution in [1.82, 2.24) is 10.6 Å². The molecule has 2 amide bonds. The quantitative estimate of drug-likeness (QED) is 0.0880. The number of ether oxygens (including phenoxy) is 3. The van der Waals surface area contributed by atoms with Gasteiger partial charge in [0.1, 0.15) is 25.3 Å². The zero-order chi connectivity index (χ0) is 36.1. The zero-order valence-electron chi connectivity index (χ0n) is 29.4. The van der Waals surface area contributed by atoms with E-state index in [0.717, 1.165) is 44.5 Å². The van der Waals surface area contributed by atoms with E-state index in [1.165, 1.54) is 0 Å². The van der Waals surface area contributed by atoms with Crippen LogP contribution in [0.4, 0.5) is 9.59 Å². The maximum Gasteiger partial charge on any atom is 0.407 e. The first-order valence-electron chi connectivity index (χ1n) is 17.6. The largest absolute Gasteiger partial charge is 0.449 e. The van der Waals surface area contributed by atoms with Crippen molar-refractivity contribution in [1.29, 1.82) is 0 Å². The number of hydrogen-bond donors (Lipinski definition) is 2. The van der Waals surface area contributed by atoms with Gasteiger partial charge in [-0.3, -0.25) is 0 Å². The number of fused-ring (bicyclic) bond motifs is 6. The third-order valence-corrected chi connectivity index (χ3v) is 9.46. The van der Waals surface area contributed by atoms with E-state index >= 15 is 0 Å². The van der Waals surface area contributed by atoms with Crippen LogP contribution >= 0.6 is 0 Å². The highest BCUT2D eigenvalue weighted by Gasteiger charge is 2.34. The van der Waals surface area contributed by atoms with E-state index in [0.29, 0.717) is 0 Å². The number of rotatable bonds is 12. The fourth-order valence-corrected chi connectivity index (χ4v) is 7.18. The van der Waals surface area contributed by atoms with Gasteiger partial charge in [0.25, 0.3) is 0 Å². The van der Waals surface area contributed by atoms with Gasteiger partial charge in [-0.05, 0) is 69.2 Å². The molecule has 4 aromatic rings. The van der Waals surface area contributed by atoms with Crippen molar-refractivity contribution in [2.45, 2.75) is 64.5 Å². The van der Waals surface area contributed by atoms with E-state index in [-0.39, 0.29) is 49.7 Å². The van der Waals surface area contributed by atoms with Gasteiger partial charge in [-0.1, -0.05) is 125 Å². The summed E-state index contributed by atoms with van der Waals surface area (Å²) in [4.78, 5) is 52.9. The SMILES string of the molecule is CC(C)C[C@H](NC(=O)OCC1c2ccccc2-c2ccccc21)C(=O)OC(=O)[C@H](CC(C)C)NC(=O)OCC1c2ccccc2-c2ccccc21. The van der Waals surface area contributed by atoms with Gasteiger partial charge in [-0.25, -0.2) is 19.2 Å². The number of esters is 2. The lowest BCUT2D eigenvalue weighted by Gasteiger charge is -2.22. The molecule has 0 saturated carbocycles. The summed E-state index contributed by atoms with van der Waals surface area (Å²) >= 11 is 0. The zero-order valence-corrected chi connectivity index (χ0v) is 29.4. The van der Waals surface area contributed by atoms with Crippen LogP contribution in [0.15, 0.2) is 97.1 Å². The highest BCUT2D eigenvalue weighted by molar-refractivity contribution is 5.93. The summed E-state index contributed by atoms with van der Waals surface area (Å²) in [6.45, 7) is 7.71. The van der Waals surface area contributed by atoms with Crippen LogP contribution in [0, 0.1) is 11.8 Å². The fraction of sp³-hybridized carbons (Fsp3) is 0.333. The van der Waals surface area contributed by atoms with E-state index in [4.69, 9.17) is 14.2 Å². The predicted molar refractivity (Wildman–Crippen MR) is 194 cm³/mol. The Hall–Kier alpha value is -5.44. The van der Waals surface area contributed by atoms with Crippen molar-refractivity contribution in [3.8, 4) is 22.3 Å². The molecule has 0 bridgehead atoms. The summed E-state index contributed by atoms with van der Waals surface area (Å²) in [5, 5.41) is 5.23. The van der Waals surface area contributed by atoms with Crippen molar-refractivity contribution in [2.75, 3.05) is 13.2 Å². The molecule has 264 valence electrons. The maximum atomic E-state index is 13.4. The van der Waals surface area contributed by atoms with Crippen molar-refractivity contribution in [3.05, 3.63) is 119 Å². The molecule has 0 aliphatic heterocycles. The maximum absolute atomic E-state index is 13.4. The standard InChI is InChI=1S/C42H44N2O7/c1-25(2)21-37(43-41(47)49-23-35-31-17-9-5-13-27(31)28-14-6-10-18-32(28)35)39(45)51-40(46)38(22-26(3)4)44-42(48)50-24-36-33-19-11-7-15-29(33)30-16-8-12-20-34(30)36/h5-20,25-26,35-38H,21-24H2,1-4H3,(H,43,47)(H,44,48)/t37-,38-/m0/s1. The third kappa shape index (κ3) is 7.98. The Kier molecular flexibility index (Phi) is 10.8. The summed E-state index contributed by atoms with van der Waals surface area (Å²) in [5.74, 6) is -2.19. The number of carbonyl (C=O) groups excluding carboxylic acids is 4. The van der Waals surface area contributed by atoms with Crippen LogP contribution in [0.5, 0.6) is 0 Å². The van der Waals surface area contributed by atoms with E-state index in [1.807, 2.05) is 100 Å². The molecule has 2 N–H and O–H groups in total. The number of hydrogen-bond acceptors (Lipinski definition) is 7. The van der Waals surface area contributed by atoms with Crippen molar-refractivity contribution in [2.24, 2.45) is 11.8 Å². The molecule has 0 spiro atoms. The first kappa shape index (κ1) is 35.4. The van der Waals surface area contributed by atoms with Crippen LogP contribution in [0.3, 0.4) is 0 Å². The topological polar surface area (TPSA) is 120 Å². The number of nitrogens with one attached hydrogen (secondary N) is 2.